The van der Waals surface area contributed by atoms with Gasteiger partial charge in [-0.15, -0.1) is 0 Å². The van der Waals surface area contributed by atoms with Crippen molar-refractivity contribution in [3.8, 4) is 0 Å². The Morgan fingerprint density at radius 2 is 1.82 bits per heavy atom. The first-order valence-electron chi connectivity index (χ1n) is 6.09. The molecule has 0 radical (unpaired) electrons. The van der Waals surface area contributed by atoms with Gasteiger partial charge in [-0.3, -0.25) is 4.79 Å². The van der Waals surface area contributed by atoms with Gasteiger partial charge in [-0.25, -0.2) is 21.9 Å². The summed E-state index contributed by atoms with van der Waals surface area (Å²) >= 11 is 0. The molecule has 1 amide bonds. The molecule has 6 nitrogen and oxygen atoms in total. The Balaban J connectivity index is 2.11. The van der Waals surface area contributed by atoms with Gasteiger partial charge >= 0.3 is 0 Å². The number of carbonyl (C=O) groups is 1. The second kappa shape index (κ2) is 6.24. The molecule has 2 rings (SSSR count). The number of halogens is 2. The van der Waals surface area contributed by atoms with Gasteiger partial charge in [0.2, 0.25) is 5.09 Å². The summed E-state index contributed by atoms with van der Waals surface area (Å²) in [5.41, 5.74) is -0.300. The van der Waals surface area contributed by atoms with Gasteiger partial charge in [0.25, 0.3) is 15.9 Å². The fourth-order valence-corrected chi connectivity index (χ4v) is 2.29. The van der Waals surface area contributed by atoms with Gasteiger partial charge in [0.05, 0.1) is 0 Å². The molecule has 0 aliphatic carbocycles. The lowest BCUT2D eigenvalue weighted by Gasteiger charge is -2.06. The summed E-state index contributed by atoms with van der Waals surface area (Å²) in [6, 6.07) is 5.59. The summed E-state index contributed by atoms with van der Waals surface area (Å²) in [5, 5.41) is 1.82. The van der Waals surface area contributed by atoms with Crippen molar-refractivity contribution in [2.45, 2.75) is 11.6 Å². The molecule has 2 N–H and O–H groups in total. The van der Waals surface area contributed by atoms with E-state index in [1.54, 1.807) is 0 Å². The highest BCUT2D eigenvalue weighted by molar-refractivity contribution is 7.89. The Morgan fingerprint density at radius 1 is 1.18 bits per heavy atom. The van der Waals surface area contributed by atoms with Gasteiger partial charge in [0.1, 0.15) is 11.6 Å². The molecule has 0 atom stereocenters. The van der Waals surface area contributed by atoms with Crippen molar-refractivity contribution in [2.75, 3.05) is 7.05 Å². The molecule has 1 heterocycles. The topological polar surface area (TPSA) is 88.4 Å². The minimum Gasteiger partial charge on any atom is -0.438 e. The third-order valence-electron chi connectivity index (χ3n) is 2.83. The number of benzene rings is 1. The third kappa shape index (κ3) is 3.31. The zero-order valence-electron chi connectivity index (χ0n) is 11.4. The molecule has 1 aromatic heterocycles. The highest BCUT2D eigenvalue weighted by Crippen LogP contribution is 2.15. The molecule has 0 saturated heterocycles. The van der Waals surface area contributed by atoms with Crippen LogP contribution in [0.5, 0.6) is 0 Å². The van der Waals surface area contributed by atoms with E-state index < -0.39 is 39.2 Å². The lowest BCUT2D eigenvalue weighted by molar-refractivity contribution is 0.0917. The average Bonchev–Trinajstić information content (AvgIpc) is 2.97. The van der Waals surface area contributed by atoms with E-state index in [0.29, 0.717) is 0 Å². The van der Waals surface area contributed by atoms with Gasteiger partial charge in [-0.1, -0.05) is 6.07 Å². The first-order valence-corrected chi connectivity index (χ1v) is 7.58. The van der Waals surface area contributed by atoms with Crippen LogP contribution in [-0.4, -0.2) is 21.4 Å². The molecule has 9 heteroatoms. The summed E-state index contributed by atoms with van der Waals surface area (Å²) in [4.78, 5) is 11.8. The van der Waals surface area contributed by atoms with Crippen molar-refractivity contribution in [1.29, 1.82) is 0 Å². The van der Waals surface area contributed by atoms with Crippen molar-refractivity contribution in [1.82, 2.24) is 10.0 Å². The third-order valence-corrected chi connectivity index (χ3v) is 4.11. The van der Waals surface area contributed by atoms with Crippen LogP contribution in [0.25, 0.3) is 0 Å². The number of sulfonamides is 1. The van der Waals surface area contributed by atoms with E-state index in [1.807, 2.05) is 4.72 Å². The molecular formula is C13H12F2N2O4S. The summed E-state index contributed by atoms with van der Waals surface area (Å²) in [6.07, 6.45) is 0. The van der Waals surface area contributed by atoms with Crippen LogP contribution in [0.1, 0.15) is 16.1 Å². The molecule has 1 aromatic carbocycles. The molecule has 0 bridgehead atoms. The van der Waals surface area contributed by atoms with Crippen LogP contribution in [0, 0.1) is 11.6 Å². The smallest absolute Gasteiger partial charge is 0.287 e. The molecule has 0 saturated carbocycles. The Morgan fingerprint density at radius 3 is 2.41 bits per heavy atom. The van der Waals surface area contributed by atoms with Crippen molar-refractivity contribution in [2.24, 2.45) is 0 Å². The first-order chi connectivity index (χ1) is 10.3. The molecule has 0 aliphatic heterocycles. The Labute approximate surface area is 125 Å². The van der Waals surface area contributed by atoms with E-state index in [-0.39, 0.29) is 11.3 Å². The molecule has 0 spiro atoms. The molecule has 0 fully saturated rings. The van der Waals surface area contributed by atoms with E-state index in [1.165, 1.54) is 13.1 Å². The summed E-state index contributed by atoms with van der Waals surface area (Å²) < 4.78 is 56.7. The molecule has 0 aliphatic rings. The van der Waals surface area contributed by atoms with Crippen molar-refractivity contribution in [3.63, 3.8) is 0 Å². The van der Waals surface area contributed by atoms with E-state index >= 15 is 0 Å². The van der Waals surface area contributed by atoms with Gasteiger partial charge in [0.15, 0.2) is 5.76 Å². The molecule has 22 heavy (non-hydrogen) atoms. The van der Waals surface area contributed by atoms with Crippen LogP contribution in [0.3, 0.4) is 0 Å². The van der Waals surface area contributed by atoms with Crippen LogP contribution in [-0.2, 0) is 16.6 Å². The quantitative estimate of drug-likeness (QED) is 0.867. The largest absolute Gasteiger partial charge is 0.438 e. The number of hydrogen-bond acceptors (Lipinski definition) is 4. The van der Waals surface area contributed by atoms with Gasteiger partial charge in [0, 0.05) is 12.1 Å². The van der Waals surface area contributed by atoms with Crippen LogP contribution in [0.15, 0.2) is 39.8 Å². The van der Waals surface area contributed by atoms with Crippen LogP contribution >= 0.6 is 0 Å². The van der Waals surface area contributed by atoms with Crippen LogP contribution in [0.2, 0.25) is 0 Å². The fraction of sp³-hybridized carbons (Fsp3) is 0.154. The van der Waals surface area contributed by atoms with Crippen LogP contribution < -0.4 is 10.0 Å². The van der Waals surface area contributed by atoms with Gasteiger partial charge < -0.3 is 9.73 Å². The minimum absolute atomic E-state index is 0.287. The van der Waals surface area contributed by atoms with E-state index in [4.69, 9.17) is 4.42 Å². The standard InChI is InChI=1S/C13H12F2N2O4S/c1-16-22(19,20)12-6-5-11(21-12)13(18)17-7-8-9(14)3-2-4-10(8)15/h2-6,16H,7H2,1H3,(H,17,18). The molecular weight excluding hydrogens is 318 g/mol. The maximum Gasteiger partial charge on any atom is 0.287 e. The number of amides is 1. The number of furan rings is 1. The lowest BCUT2D eigenvalue weighted by Crippen LogP contribution is -2.23. The summed E-state index contributed by atoms with van der Waals surface area (Å²) in [5.74, 6) is -2.66. The van der Waals surface area contributed by atoms with Gasteiger partial charge in [-0.2, -0.15) is 0 Å². The van der Waals surface area contributed by atoms with Crippen molar-refractivity contribution >= 4 is 15.9 Å². The summed E-state index contributed by atoms with van der Waals surface area (Å²) in [7, 11) is -2.62. The fourth-order valence-electron chi connectivity index (χ4n) is 1.64. The number of nitrogens with one attached hydrogen (secondary N) is 2. The summed E-state index contributed by atoms with van der Waals surface area (Å²) in [6.45, 7) is -0.397. The molecule has 118 valence electrons. The maximum absolute atomic E-state index is 13.4. The number of carbonyl (C=O) groups excluding carboxylic acids is 1. The monoisotopic (exact) mass is 330 g/mol. The zero-order valence-corrected chi connectivity index (χ0v) is 12.2. The second-order valence-corrected chi connectivity index (χ2v) is 6.03. The van der Waals surface area contributed by atoms with E-state index in [2.05, 4.69) is 5.32 Å². The predicted molar refractivity (Wildman–Crippen MR) is 72.5 cm³/mol. The molecule has 2 aromatic rings. The Hall–Kier alpha value is -2.26. The molecule has 0 unspecified atom stereocenters. The zero-order chi connectivity index (χ0) is 16.3. The van der Waals surface area contributed by atoms with Gasteiger partial charge in [-0.05, 0) is 31.3 Å². The SMILES string of the molecule is CNS(=O)(=O)c1ccc(C(=O)NCc2c(F)cccc2F)o1. The predicted octanol–water partition coefficient (Wildman–Crippen LogP) is 1.40. The highest BCUT2D eigenvalue weighted by atomic mass is 32.2. The van der Waals surface area contributed by atoms with Crippen molar-refractivity contribution in [3.05, 3.63) is 53.3 Å². The highest BCUT2D eigenvalue weighted by Gasteiger charge is 2.20. The normalized spacial score (nSPS) is 11.4. The Kier molecular flexibility index (Phi) is 4.57. The maximum atomic E-state index is 13.4. The lowest BCUT2D eigenvalue weighted by atomic mass is 10.2. The van der Waals surface area contributed by atoms with E-state index in [9.17, 15) is 22.0 Å². The van der Waals surface area contributed by atoms with E-state index in [0.717, 1.165) is 24.3 Å². The van der Waals surface area contributed by atoms with Crippen molar-refractivity contribution < 1.29 is 26.4 Å². The minimum atomic E-state index is -3.81. The second-order valence-electron chi connectivity index (χ2n) is 4.21. The first kappa shape index (κ1) is 16.1. The number of hydrogen-bond donors (Lipinski definition) is 2. The average molecular weight is 330 g/mol. The number of rotatable bonds is 5. The Bertz CT molecular complexity index is 782. The van der Waals surface area contributed by atoms with Crippen LogP contribution in [0.4, 0.5) is 8.78 Å².